The van der Waals surface area contributed by atoms with Crippen molar-refractivity contribution < 1.29 is 36.0 Å². The van der Waals surface area contributed by atoms with E-state index in [4.69, 9.17) is 9.47 Å². The lowest BCUT2D eigenvalue weighted by atomic mass is 9.70. The van der Waals surface area contributed by atoms with Crippen molar-refractivity contribution in [1.29, 1.82) is 0 Å². The van der Waals surface area contributed by atoms with Crippen LogP contribution in [0.25, 0.3) is 0 Å². The standard InChI is InChI=1S/C19H26NO3.BrH/c1-20(2)10-9-19-8-4-5-14(21)11-16(19)23-18-15(22-3)7-6-13(12-20)17(18)19;/h4-7,14,16,21H,8-12H2,1-3H3;1H/q+1;/p-1. The maximum Gasteiger partial charge on any atom is 0.166 e. The Bertz CT molecular complexity index is 673. The maximum absolute atomic E-state index is 10.2. The number of aliphatic hydroxyl groups is 1. The van der Waals surface area contributed by atoms with E-state index >= 15 is 0 Å². The monoisotopic (exact) mass is 395 g/mol. The maximum atomic E-state index is 10.2. The molecule has 0 aromatic heterocycles. The molecular weight excluding hydrogens is 370 g/mol. The van der Waals surface area contributed by atoms with Crippen LogP contribution in [0.15, 0.2) is 24.3 Å². The highest BCUT2D eigenvalue weighted by molar-refractivity contribution is 5.58. The summed E-state index contributed by atoms with van der Waals surface area (Å²) >= 11 is 0. The zero-order valence-electron chi connectivity index (χ0n) is 14.6. The first-order valence-corrected chi connectivity index (χ1v) is 8.49. The molecule has 0 bridgehead atoms. The fraction of sp³-hybridized carbons (Fsp3) is 0.579. The molecule has 2 heterocycles. The minimum atomic E-state index is -0.422. The molecule has 0 saturated heterocycles. The van der Waals surface area contributed by atoms with Crippen LogP contribution in [0.4, 0.5) is 0 Å². The fourth-order valence-corrected chi connectivity index (χ4v) is 4.65. The van der Waals surface area contributed by atoms with Crippen molar-refractivity contribution in [2.24, 2.45) is 0 Å². The summed E-state index contributed by atoms with van der Waals surface area (Å²) in [6.07, 6.45) is 6.35. The van der Waals surface area contributed by atoms with E-state index in [1.54, 1.807) is 7.11 Å². The molecule has 0 amide bonds. The number of ether oxygens (including phenoxy) is 2. The molecular formula is C19H26BrNO3. The van der Waals surface area contributed by atoms with E-state index in [0.717, 1.165) is 41.9 Å². The molecule has 1 aliphatic carbocycles. The Balaban J connectivity index is 0.00000169. The van der Waals surface area contributed by atoms with Gasteiger partial charge < -0.3 is 36.0 Å². The Hall–Kier alpha value is -1.04. The third-order valence-corrected chi connectivity index (χ3v) is 5.86. The summed E-state index contributed by atoms with van der Waals surface area (Å²) in [7, 11) is 6.30. The van der Waals surface area contributed by atoms with Crippen LogP contribution in [0.3, 0.4) is 0 Å². The Morgan fingerprint density at radius 2 is 2.12 bits per heavy atom. The van der Waals surface area contributed by atoms with E-state index in [1.807, 2.05) is 12.1 Å². The summed E-state index contributed by atoms with van der Waals surface area (Å²) in [4.78, 5) is 0. The van der Waals surface area contributed by atoms with Gasteiger partial charge in [0.25, 0.3) is 0 Å². The number of hydrogen-bond acceptors (Lipinski definition) is 3. The molecule has 3 unspecified atom stereocenters. The molecule has 2 aliphatic heterocycles. The van der Waals surface area contributed by atoms with Crippen LogP contribution in [0.2, 0.25) is 0 Å². The summed E-state index contributed by atoms with van der Waals surface area (Å²) in [6, 6.07) is 4.24. The molecule has 132 valence electrons. The first kappa shape index (κ1) is 17.8. The molecule has 0 radical (unpaired) electrons. The van der Waals surface area contributed by atoms with E-state index < -0.39 is 6.10 Å². The molecule has 1 spiro atoms. The summed E-state index contributed by atoms with van der Waals surface area (Å²) in [5.41, 5.74) is 2.68. The number of allylic oxidation sites excluding steroid dienone is 1. The first-order valence-electron chi connectivity index (χ1n) is 8.49. The molecule has 5 heteroatoms. The minimum absolute atomic E-state index is 0. The van der Waals surface area contributed by atoms with E-state index in [1.165, 1.54) is 11.1 Å². The molecule has 1 aromatic rings. The van der Waals surface area contributed by atoms with Gasteiger partial charge in [0.2, 0.25) is 0 Å². The smallest absolute Gasteiger partial charge is 0.166 e. The Kier molecular flexibility index (Phi) is 4.47. The second-order valence-corrected chi connectivity index (χ2v) is 7.90. The fourth-order valence-electron chi connectivity index (χ4n) is 4.65. The molecule has 0 saturated carbocycles. The topological polar surface area (TPSA) is 38.7 Å². The number of aliphatic hydroxyl groups excluding tert-OH is 1. The van der Waals surface area contributed by atoms with Crippen molar-refractivity contribution in [2.45, 2.75) is 43.4 Å². The highest BCUT2D eigenvalue weighted by Gasteiger charge is 2.54. The number of rotatable bonds is 1. The Morgan fingerprint density at radius 3 is 2.88 bits per heavy atom. The molecule has 4 rings (SSSR count). The van der Waals surface area contributed by atoms with Crippen molar-refractivity contribution in [3.8, 4) is 11.5 Å². The van der Waals surface area contributed by atoms with E-state index in [-0.39, 0.29) is 28.5 Å². The van der Waals surface area contributed by atoms with Gasteiger partial charge in [-0.3, -0.25) is 0 Å². The minimum Gasteiger partial charge on any atom is -1.00 e. The van der Waals surface area contributed by atoms with Gasteiger partial charge in [-0.25, -0.2) is 0 Å². The molecule has 3 atom stereocenters. The van der Waals surface area contributed by atoms with Crippen molar-refractivity contribution in [1.82, 2.24) is 0 Å². The van der Waals surface area contributed by atoms with Gasteiger partial charge in [-0.2, -0.15) is 0 Å². The van der Waals surface area contributed by atoms with Gasteiger partial charge in [-0.15, -0.1) is 0 Å². The number of benzene rings is 1. The normalized spacial score (nSPS) is 32.5. The lowest BCUT2D eigenvalue weighted by Gasteiger charge is -2.34. The van der Waals surface area contributed by atoms with E-state index in [9.17, 15) is 5.11 Å². The number of nitrogens with zero attached hydrogens (tertiary/aromatic N) is 1. The molecule has 1 N–H and O–H groups in total. The van der Waals surface area contributed by atoms with Gasteiger partial charge >= 0.3 is 0 Å². The average Bonchev–Trinajstić information content (AvgIpc) is 2.63. The Morgan fingerprint density at radius 1 is 1.33 bits per heavy atom. The van der Waals surface area contributed by atoms with Crippen molar-refractivity contribution >= 4 is 0 Å². The van der Waals surface area contributed by atoms with Crippen LogP contribution in [0.5, 0.6) is 11.5 Å². The summed E-state index contributed by atoms with van der Waals surface area (Å²) in [6.45, 7) is 2.12. The van der Waals surface area contributed by atoms with Crippen LogP contribution in [0, 0.1) is 0 Å². The predicted octanol–water partition coefficient (Wildman–Crippen LogP) is -0.611. The molecule has 3 aliphatic rings. The largest absolute Gasteiger partial charge is 1.00 e. The number of methoxy groups -OCH3 is 1. The van der Waals surface area contributed by atoms with Crippen LogP contribution < -0.4 is 26.5 Å². The summed E-state index contributed by atoms with van der Waals surface area (Å²) in [5, 5.41) is 10.2. The Labute approximate surface area is 154 Å². The summed E-state index contributed by atoms with van der Waals surface area (Å²) < 4.78 is 12.9. The molecule has 0 fully saturated rings. The highest BCUT2D eigenvalue weighted by atomic mass is 79.9. The van der Waals surface area contributed by atoms with Crippen LogP contribution in [-0.2, 0) is 12.0 Å². The van der Waals surface area contributed by atoms with Crippen LogP contribution in [-0.4, -0.2) is 49.5 Å². The number of quaternary nitrogens is 1. The van der Waals surface area contributed by atoms with Gasteiger partial charge in [0, 0.05) is 29.4 Å². The quantitative estimate of drug-likeness (QED) is 0.509. The second kappa shape index (κ2) is 6.04. The van der Waals surface area contributed by atoms with Crippen LogP contribution in [0.1, 0.15) is 30.4 Å². The van der Waals surface area contributed by atoms with Crippen molar-refractivity contribution in [3.63, 3.8) is 0 Å². The van der Waals surface area contributed by atoms with Crippen LogP contribution >= 0.6 is 0 Å². The zero-order valence-corrected chi connectivity index (χ0v) is 16.2. The molecule has 4 nitrogen and oxygen atoms in total. The van der Waals surface area contributed by atoms with Crippen molar-refractivity contribution in [3.05, 3.63) is 35.4 Å². The number of hydrogen-bond donors (Lipinski definition) is 1. The average molecular weight is 396 g/mol. The predicted molar refractivity (Wildman–Crippen MR) is 88.8 cm³/mol. The van der Waals surface area contributed by atoms with E-state index in [2.05, 4.69) is 26.2 Å². The van der Waals surface area contributed by atoms with E-state index in [0.29, 0.717) is 6.42 Å². The van der Waals surface area contributed by atoms with Gasteiger partial charge in [-0.05, 0) is 18.6 Å². The van der Waals surface area contributed by atoms with Crippen molar-refractivity contribution in [2.75, 3.05) is 27.7 Å². The molecule has 24 heavy (non-hydrogen) atoms. The second-order valence-electron chi connectivity index (χ2n) is 7.90. The van der Waals surface area contributed by atoms with Gasteiger partial charge in [0.1, 0.15) is 12.6 Å². The highest BCUT2D eigenvalue weighted by Crippen LogP contribution is 2.56. The third-order valence-electron chi connectivity index (χ3n) is 5.86. The SMILES string of the molecule is COc1ccc2c3c1OC1CC(O)C=CCC31CC[N+](C)(C)C2.[Br-]. The van der Waals surface area contributed by atoms with Gasteiger partial charge in [-0.1, -0.05) is 12.2 Å². The first-order chi connectivity index (χ1) is 11.0. The third kappa shape index (κ3) is 2.57. The molecule has 1 aromatic carbocycles. The van der Waals surface area contributed by atoms with Gasteiger partial charge in [0.15, 0.2) is 11.5 Å². The van der Waals surface area contributed by atoms with Gasteiger partial charge in [0.05, 0.1) is 33.9 Å². The lowest BCUT2D eigenvalue weighted by molar-refractivity contribution is -0.903. The summed E-state index contributed by atoms with van der Waals surface area (Å²) in [5.74, 6) is 1.74. The number of halogens is 1. The lowest BCUT2D eigenvalue weighted by Crippen LogP contribution is -3.00. The zero-order chi connectivity index (χ0) is 16.2.